The number of amides is 1. The molecule has 4 heterocycles. The van der Waals surface area contributed by atoms with Crippen molar-refractivity contribution in [1.29, 1.82) is 0 Å². The van der Waals surface area contributed by atoms with Crippen molar-refractivity contribution < 1.29 is 4.79 Å². The summed E-state index contributed by atoms with van der Waals surface area (Å²) in [4.78, 5) is 14.9. The minimum atomic E-state index is 0.249. The third-order valence-electron chi connectivity index (χ3n) is 6.02. The van der Waals surface area contributed by atoms with Gasteiger partial charge in [-0.05, 0) is 36.8 Å². The smallest absolute Gasteiger partial charge is 0.224 e. The molecule has 27 heavy (non-hydrogen) atoms. The van der Waals surface area contributed by atoms with Crippen molar-refractivity contribution >= 4 is 16.8 Å². The standard InChI is InChI=1S/C21H25N5O/c27-20(10-14-24-13-9-16-5-1-2-7-18(16)24)25-11-3-6-17(15-25)21-23-22-19-8-4-12-26(19)21/h1-2,5,7,9,13,17H,3-4,6,8,10-12,14-15H2/t17-/m0/s1. The molecule has 0 bridgehead atoms. The van der Waals surface area contributed by atoms with E-state index in [-0.39, 0.29) is 5.91 Å². The zero-order valence-corrected chi connectivity index (χ0v) is 15.5. The Morgan fingerprint density at radius 3 is 3.00 bits per heavy atom. The Bertz CT molecular complexity index is 972. The van der Waals surface area contributed by atoms with E-state index < -0.39 is 0 Å². The molecule has 2 aliphatic rings. The van der Waals surface area contributed by atoms with Crippen LogP contribution in [0, 0.1) is 0 Å². The van der Waals surface area contributed by atoms with Gasteiger partial charge >= 0.3 is 0 Å². The number of carbonyl (C=O) groups excluding carboxylic acids is 1. The van der Waals surface area contributed by atoms with Crippen LogP contribution < -0.4 is 0 Å². The molecule has 6 nitrogen and oxygen atoms in total. The zero-order valence-electron chi connectivity index (χ0n) is 15.5. The van der Waals surface area contributed by atoms with Crippen molar-refractivity contribution in [2.75, 3.05) is 13.1 Å². The highest BCUT2D eigenvalue weighted by Gasteiger charge is 2.30. The molecular weight excluding hydrogens is 338 g/mol. The van der Waals surface area contributed by atoms with E-state index in [9.17, 15) is 4.79 Å². The van der Waals surface area contributed by atoms with Gasteiger partial charge in [0, 0.05) is 56.7 Å². The number of rotatable bonds is 4. The molecule has 0 unspecified atom stereocenters. The topological polar surface area (TPSA) is 56.0 Å². The van der Waals surface area contributed by atoms with Gasteiger partial charge in [-0.2, -0.15) is 0 Å². The lowest BCUT2D eigenvalue weighted by molar-refractivity contribution is -0.132. The first-order chi connectivity index (χ1) is 13.3. The van der Waals surface area contributed by atoms with Crippen molar-refractivity contribution in [1.82, 2.24) is 24.2 Å². The van der Waals surface area contributed by atoms with Crippen molar-refractivity contribution in [2.45, 2.75) is 51.1 Å². The molecule has 0 spiro atoms. The SMILES string of the molecule is O=C(CCn1ccc2ccccc21)N1CCC[C@H](c2nnc3n2CCC3)C1. The van der Waals surface area contributed by atoms with Crippen LogP contribution in [-0.2, 0) is 24.3 Å². The number of piperidine rings is 1. The lowest BCUT2D eigenvalue weighted by atomic mass is 9.97. The number of hydrogen-bond donors (Lipinski definition) is 0. The van der Waals surface area contributed by atoms with Crippen LogP contribution in [0.1, 0.15) is 43.3 Å². The van der Waals surface area contributed by atoms with Crippen LogP contribution in [0.3, 0.4) is 0 Å². The molecule has 1 aromatic carbocycles. The fourth-order valence-electron chi connectivity index (χ4n) is 4.60. The first-order valence-corrected chi connectivity index (χ1v) is 10.0. The molecule has 3 aromatic rings. The first kappa shape index (κ1) is 16.5. The lowest BCUT2D eigenvalue weighted by Gasteiger charge is -2.32. The Balaban J connectivity index is 1.25. The summed E-state index contributed by atoms with van der Waals surface area (Å²) in [5, 5.41) is 10.0. The van der Waals surface area contributed by atoms with Gasteiger partial charge in [0.15, 0.2) is 0 Å². The van der Waals surface area contributed by atoms with E-state index in [2.05, 4.69) is 43.7 Å². The normalized spacial score (nSPS) is 19.6. The average Bonchev–Trinajstić information content (AvgIpc) is 3.42. The molecule has 2 aliphatic heterocycles. The highest BCUT2D eigenvalue weighted by Crippen LogP contribution is 2.28. The monoisotopic (exact) mass is 363 g/mol. The number of benzene rings is 1. The van der Waals surface area contributed by atoms with Crippen LogP contribution in [0.4, 0.5) is 0 Å². The van der Waals surface area contributed by atoms with Crippen LogP contribution in [0.15, 0.2) is 36.5 Å². The van der Waals surface area contributed by atoms with Crippen molar-refractivity contribution in [3.05, 3.63) is 48.2 Å². The van der Waals surface area contributed by atoms with E-state index >= 15 is 0 Å². The van der Waals surface area contributed by atoms with Crippen LogP contribution >= 0.6 is 0 Å². The third kappa shape index (κ3) is 3.03. The van der Waals surface area contributed by atoms with Crippen molar-refractivity contribution in [2.24, 2.45) is 0 Å². The summed E-state index contributed by atoms with van der Waals surface area (Å²) < 4.78 is 4.46. The number of aromatic nitrogens is 4. The summed E-state index contributed by atoms with van der Waals surface area (Å²) >= 11 is 0. The number of aryl methyl sites for hydroxylation is 2. The maximum atomic E-state index is 12.8. The van der Waals surface area contributed by atoms with Gasteiger partial charge < -0.3 is 14.0 Å². The quantitative estimate of drug-likeness (QED) is 0.716. The van der Waals surface area contributed by atoms with E-state index in [0.717, 1.165) is 63.5 Å². The number of hydrogen-bond acceptors (Lipinski definition) is 3. The summed E-state index contributed by atoms with van der Waals surface area (Å²) in [5.41, 5.74) is 1.20. The second-order valence-electron chi connectivity index (χ2n) is 7.73. The highest BCUT2D eigenvalue weighted by atomic mass is 16.2. The molecule has 1 atom stereocenters. The molecule has 6 heteroatoms. The van der Waals surface area contributed by atoms with Crippen LogP contribution in [0.25, 0.3) is 10.9 Å². The van der Waals surface area contributed by atoms with Gasteiger partial charge in [-0.3, -0.25) is 4.79 Å². The third-order valence-corrected chi connectivity index (χ3v) is 6.02. The second-order valence-corrected chi connectivity index (χ2v) is 7.73. The zero-order chi connectivity index (χ0) is 18.2. The Labute approximate surface area is 158 Å². The predicted octanol–water partition coefficient (Wildman–Crippen LogP) is 2.98. The Hall–Kier alpha value is -2.63. The number of carbonyl (C=O) groups is 1. The molecule has 0 saturated carbocycles. The minimum absolute atomic E-state index is 0.249. The van der Waals surface area contributed by atoms with Gasteiger partial charge in [0.25, 0.3) is 0 Å². The molecular formula is C21H25N5O. The number of para-hydroxylation sites is 1. The summed E-state index contributed by atoms with van der Waals surface area (Å²) in [7, 11) is 0. The van der Waals surface area contributed by atoms with Crippen molar-refractivity contribution in [3.8, 4) is 0 Å². The van der Waals surface area contributed by atoms with Gasteiger partial charge in [0.05, 0.1) is 0 Å². The lowest BCUT2D eigenvalue weighted by Crippen LogP contribution is -2.40. The molecule has 140 valence electrons. The predicted molar refractivity (Wildman–Crippen MR) is 103 cm³/mol. The number of nitrogens with zero attached hydrogens (tertiary/aromatic N) is 5. The largest absolute Gasteiger partial charge is 0.347 e. The molecule has 2 aromatic heterocycles. The molecule has 1 saturated heterocycles. The summed E-state index contributed by atoms with van der Waals surface area (Å²) in [6, 6.07) is 10.4. The number of fused-ring (bicyclic) bond motifs is 2. The first-order valence-electron chi connectivity index (χ1n) is 10.0. The van der Waals surface area contributed by atoms with E-state index in [4.69, 9.17) is 0 Å². The molecule has 5 rings (SSSR count). The molecule has 0 radical (unpaired) electrons. The van der Waals surface area contributed by atoms with Crippen LogP contribution in [0.5, 0.6) is 0 Å². The summed E-state index contributed by atoms with van der Waals surface area (Å²) in [6.45, 7) is 3.41. The Morgan fingerprint density at radius 2 is 2.04 bits per heavy atom. The Morgan fingerprint density at radius 1 is 1.11 bits per heavy atom. The second kappa shape index (κ2) is 6.83. The fourth-order valence-corrected chi connectivity index (χ4v) is 4.60. The van der Waals surface area contributed by atoms with Gasteiger partial charge in [-0.15, -0.1) is 10.2 Å². The van der Waals surface area contributed by atoms with Crippen LogP contribution in [0.2, 0.25) is 0 Å². The van der Waals surface area contributed by atoms with E-state index in [1.807, 2.05) is 17.0 Å². The summed E-state index contributed by atoms with van der Waals surface area (Å²) in [6.07, 6.45) is 6.97. The maximum absolute atomic E-state index is 12.8. The Kier molecular flexibility index (Phi) is 4.19. The number of likely N-dealkylation sites (tertiary alicyclic amines) is 1. The van der Waals surface area contributed by atoms with E-state index in [0.29, 0.717) is 12.3 Å². The van der Waals surface area contributed by atoms with E-state index in [1.54, 1.807) is 0 Å². The fraction of sp³-hybridized carbons (Fsp3) is 0.476. The van der Waals surface area contributed by atoms with Gasteiger partial charge in [0.2, 0.25) is 5.91 Å². The average molecular weight is 363 g/mol. The molecule has 1 fully saturated rings. The summed E-state index contributed by atoms with van der Waals surface area (Å²) in [5.74, 6) is 2.79. The minimum Gasteiger partial charge on any atom is -0.347 e. The molecule has 0 aliphatic carbocycles. The van der Waals surface area contributed by atoms with Gasteiger partial charge in [-0.25, -0.2) is 0 Å². The van der Waals surface area contributed by atoms with E-state index in [1.165, 1.54) is 10.9 Å². The molecule has 1 amide bonds. The van der Waals surface area contributed by atoms with Gasteiger partial charge in [0.1, 0.15) is 11.6 Å². The maximum Gasteiger partial charge on any atom is 0.224 e. The van der Waals surface area contributed by atoms with Gasteiger partial charge in [-0.1, -0.05) is 18.2 Å². The molecule has 0 N–H and O–H groups in total. The van der Waals surface area contributed by atoms with Crippen LogP contribution in [-0.4, -0.2) is 43.2 Å². The highest BCUT2D eigenvalue weighted by molar-refractivity contribution is 5.80. The van der Waals surface area contributed by atoms with Crippen molar-refractivity contribution in [3.63, 3.8) is 0 Å².